The molecule has 3 aliphatic rings. The summed E-state index contributed by atoms with van der Waals surface area (Å²) < 4.78 is 0. The fraction of sp³-hybridized carbons (Fsp3) is 0.517. The van der Waals surface area contributed by atoms with E-state index in [0.29, 0.717) is 58.5 Å². The number of anilines is 3. The van der Waals surface area contributed by atoms with Crippen molar-refractivity contribution in [2.24, 2.45) is 5.92 Å². The number of halogens is 2. The minimum Gasteiger partial charge on any atom is -0.481 e. The van der Waals surface area contributed by atoms with E-state index in [1.54, 1.807) is 17.4 Å². The molecule has 0 radical (unpaired) electrons. The van der Waals surface area contributed by atoms with Gasteiger partial charge in [-0.1, -0.05) is 53.8 Å². The normalized spacial score (nSPS) is 19.3. The molecule has 6 rings (SSSR count). The summed E-state index contributed by atoms with van der Waals surface area (Å²) >= 11 is 15.7. The molecule has 3 aromatic rings. The average Bonchev–Trinajstić information content (AvgIpc) is 3.64. The molecular formula is C29H34Cl2N6O3S2. The highest BCUT2D eigenvalue weighted by atomic mass is 35.5. The van der Waals surface area contributed by atoms with Crippen LogP contribution in [0.1, 0.15) is 55.3 Å². The minimum atomic E-state index is -0.773. The van der Waals surface area contributed by atoms with Crippen LogP contribution in [0.15, 0.2) is 23.7 Å². The lowest BCUT2D eigenvalue weighted by molar-refractivity contribution is -0.142. The van der Waals surface area contributed by atoms with Crippen LogP contribution in [0.3, 0.4) is 0 Å². The average molecular weight is 650 g/mol. The van der Waals surface area contributed by atoms with Gasteiger partial charge in [-0.25, -0.2) is 9.97 Å². The van der Waals surface area contributed by atoms with Gasteiger partial charge in [-0.15, -0.1) is 11.3 Å². The van der Waals surface area contributed by atoms with Crippen LogP contribution in [0.25, 0.3) is 10.6 Å². The maximum atomic E-state index is 13.4. The summed E-state index contributed by atoms with van der Waals surface area (Å²) in [6.07, 6.45) is 9.14. The lowest BCUT2D eigenvalue weighted by Gasteiger charge is -2.41. The maximum Gasteiger partial charge on any atom is 0.306 e. The van der Waals surface area contributed by atoms with Crippen molar-refractivity contribution in [1.29, 1.82) is 0 Å². The first-order valence-corrected chi connectivity index (χ1v) is 17.0. The number of piperidine rings is 1. The van der Waals surface area contributed by atoms with E-state index in [0.717, 1.165) is 41.8 Å². The lowest BCUT2D eigenvalue weighted by atomic mass is 9.94. The van der Waals surface area contributed by atoms with Crippen LogP contribution < -0.4 is 15.1 Å². The highest BCUT2D eigenvalue weighted by molar-refractivity contribution is 7.21. The number of aliphatic carboxylic acids is 1. The van der Waals surface area contributed by atoms with Gasteiger partial charge in [0.05, 0.1) is 27.1 Å². The number of carbonyl (C=O) groups excluding carboxylic acids is 1. The van der Waals surface area contributed by atoms with E-state index in [1.165, 1.54) is 49.6 Å². The second-order valence-corrected chi connectivity index (χ2v) is 13.9. The number of thiazole rings is 1. The molecule has 13 heteroatoms. The summed E-state index contributed by atoms with van der Waals surface area (Å²) in [5.74, 6) is -1.45. The second-order valence-electron chi connectivity index (χ2n) is 11.2. The van der Waals surface area contributed by atoms with Crippen LogP contribution in [-0.4, -0.2) is 77.2 Å². The smallest absolute Gasteiger partial charge is 0.306 e. The van der Waals surface area contributed by atoms with Crippen LogP contribution in [0.4, 0.5) is 15.8 Å². The molecule has 0 spiro atoms. The van der Waals surface area contributed by atoms with Crippen molar-refractivity contribution in [2.45, 2.75) is 51.0 Å². The molecule has 1 aliphatic carbocycles. The van der Waals surface area contributed by atoms with Crippen molar-refractivity contribution in [3.63, 3.8) is 0 Å². The van der Waals surface area contributed by atoms with E-state index in [4.69, 9.17) is 28.2 Å². The van der Waals surface area contributed by atoms with Gasteiger partial charge in [0.2, 0.25) is 0 Å². The SMILES string of the molecule is O=C(Nc1nc(-c2cc(Cl)cs2)c(N2CCN(C3CCCCC3)CC2)s1)c1cnc(Cl)c(N2CCC(C(=O)O)CC2)c1. The Morgan fingerprint density at radius 2 is 1.69 bits per heavy atom. The molecule has 3 aromatic heterocycles. The third kappa shape index (κ3) is 6.55. The van der Waals surface area contributed by atoms with E-state index in [9.17, 15) is 14.7 Å². The molecule has 5 heterocycles. The van der Waals surface area contributed by atoms with E-state index in [-0.39, 0.29) is 11.8 Å². The Bertz CT molecular complexity index is 1430. The summed E-state index contributed by atoms with van der Waals surface area (Å²) in [6, 6.07) is 4.36. The third-order valence-electron chi connectivity index (χ3n) is 8.59. The van der Waals surface area contributed by atoms with Crippen molar-refractivity contribution in [1.82, 2.24) is 14.9 Å². The van der Waals surface area contributed by atoms with Gasteiger partial charge >= 0.3 is 5.97 Å². The minimum absolute atomic E-state index is 0.293. The fourth-order valence-electron chi connectivity index (χ4n) is 6.23. The first kappa shape index (κ1) is 29.6. The lowest BCUT2D eigenvalue weighted by Crippen LogP contribution is -2.50. The van der Waals surface area contributed by atoms with E-state index >= 15 is 0 Å². The summed E-state index contributed by atoms with van der Waals surface area (Å²) in [5, 5.41) is 16.7. The van der Waals surface area contributed by atoms with Crippen LogP contribution in [0.5, 0.6) is 0 Å². The van der Waals surface area contributed by atoms with Crippen LogP contribution in [0.2, 0.25) is 10.2 Å². The van der Waals surface area contributed by atoms with Gasteiger partial charge in [0, 0.05) is 56.9 Å². The Hall–Kier alpha value is -2.44. The second kappa shape index (κ2) is 13.1. The first-order chi connectivity index (χ1) is 20.4. The van der Waals surface area contributed by atoms with E-state index < -0.39 is 5.97 Å². The summed E-state index contributed by atoms with van der Waals surface area (Å²) in [6.45, 7) is 4.97. The van der Waals surface area contributed by atoms with Crippen molar-refractivity contribution in [3.05, 3.63) is 39.4 Å². The van der Waals surface area contributed by atoms with Gasteiger partial charge in [-0.3, -0.25) is 19.8 Å². The van der Waals surface area contributed by atoms with Gasteiger partial charge in [-0.2, -0.15) is 0 Å². The standard InChI is InChI=1S/C29H34Cl2N6O3S2/c30-20-15-23(41-17-20)24-27(37-12-10-35(11-13-37)21-4-2-1-3-5-21)42-29(33-24)34-26(38)19-14-22(25(31)32-16-19)36-8-6-18(7-9-36)28(39)40/h14-18,21H,1-13H2,(H,39,40)(H,33,34,38). The molecule has 1 amide bonds. The topological polar surface area (TPSA) is 102 Å². The zero-order valence-electron chi connectivity index (χ0n) is 23.2. The van der Waals surface area contributed by atoms with Crippen LogP contribution in [0, 0.1) is 5.92 Å². The molecule has 42 heavy (non-hydrogen) atoms. The zero-order valence-corrected chi connectivity index (χ0v) is 26.4. The third-order valence-corrected chi connectivity index (χ3v) is 11.2. The number of carboxylic acids is 1. The number of rotatable bonds is 7. The molecule has 2 saturated heterocycles. The van der Waals surface area contributed by atoms with Gasteiger partial charge < -0.3 is 14.9 Å². The predicted octanol–water partition coefficient (Wildman–Crippen LogP) is 6.58. The highest BCUT2D eigenvalue weighted by Crippen LogP contribution is 2.42. The number of hydrogen-bond acceptors (Lipinski definition) is 9. The van der Waals surface area contributed by atoms with Crippen LogP contribution >= 0.6 is 45.9 Å². The number of piperazine rings is 1. The Morgan fingerprint density at radius 3 is 2.36 bits per heavy atom. The molecule has 224 valence electrons. The molecule has 0 unspecified atom stereocenters. The molecule has 0 aromatic carbocycles. The molecule has 2 N–H and O–H groups in total. The van der Waals surface area contributed by atoms with Gasteiger partial charge in [0.15, 0.2) is 10.3 Å². The zero-order chi connectivity index (χ0) is 29.2. The fourth-order valence-corrected chi connectivity index (χ4v) is 8.61. The summed E-state index contributed by atoms with van der Waals surface area (Å²) in [5.41, 5.74) is 1.85. The number of nitrogens with zero attached hydrogens (tertiary/aromatic N) is 5. The van der Waals surface area contributed by atoms with Crippen molar-refractivity contribution < 1.29 is 14.7 Å². The Labute approximate surface area is 263 Å². The quantitative estimate of drug-likeness (QED) is 0.277. The van der Waals surface area contributed by atoms with E-state index in [1.807, 2.05) is 16.3 Å². The monoisotopic (exact) mass is 648 g/mol. The number of nitrogens with one attached hydrogen (secondary N) is 1. The number of carboxylic acid groups (broad SMARTS) is 1. The highest BCUT2D eigenvalue weighted by Gasteiger charge is 2.29. The molecule has 0 bridgehead atoms. The van der Waals surface area contributed by atoms with Crippen molar-refractivity contribution in [2.75, 3.05) is 54.4 Å². The summed E-state index contributed by atoms with van der Waals surface area (Å²) in [7, 11) is 0. The molecule has 9 nitrogen and oxygen atoms in total. The van der Waals surface area contributed by atoms with Crippen molar-refractivity contribution in [3.8, 4) is 10.6 Å². The Kier molecular flexibility index (Phi) is 9.21. The van der Waals surface area contributed by atoms with Gasteiger partial charge in [0.1, 0.15) is 10.7 Å². The number of thiophene rings is 1. The number of carbonyl (C=O) groups is 2. The van der Waals surface area contributed by atoms with Crippen molar-refractivity contribution >= 4 is 73.6 Å². The van der Waals surface area contributed by atoms with Gasteiger partial charge in [-0.05, 0) is 37.8 Å². The number of hydrogen-bond donors (Lipinski definition) is 2. The molecule has 3 fully saturated rings. The Balaban J connectivity index is 1.18. The number of pyridine rings is 1. The predicted molar refractivity (Wildman–Crippen MR) is 171 cm³/mol. The molecule has 1 saturated carbocycles. The largest absolute Gasteiger partial charge is 0.481 e. The molecule has 2 aliphatic heterocycles. The Morgan fingerprint density at radius 1 is 0.952 bits per heavy atom. The summed E-state index contributed by atoms with van der Waals surface area (Å²) in [4.78, 5) is 41.9. The first-order valence-electron chi connectivity index (χ1n) is 14.5. The molecule has 0 atom stereocenters. The number of amides is 1. The van der Waals surface area contributed by atoms with Crippen LogP contribution in [-0.2, 0) is 4.79 Å². The van der Waals surface area contributed by atoms with E-state index in [2.05, 4.69) is 20.1 Å². The number of aromatic nitrogens is 2. The van der Waals surface area contributed by atoms with Gasteiger partial charge in [0.25, 0.3) is 5.91 Å². The molecular weight excluding hydrogens is 615 g/mol. The maximum absolute atomic E-state index is 13.4.